The van der Waals surface area contributed by atoms with Crippen LogP contribution in [0.1, 0.15) is 31.4 Å². The van der Waals surface area contributed by atoms with Gasteiger partial charge >= 0.3 is 0 Å². The van der Waals surface area contributed by atoms with E-state index in [1.165, 1.54) is 27.8 Å². The number of benzene rings is 2. The minimum Gasteiger partial charge on any atom is -0.361 e. The van der Waals surface area contributed by atoms with Crippen LogP contribution in [-0.4, -0.2) is 5.71 Å². The third kappa shape index (κ3) is 4.43. The fourth-order valence-electron chi connectivity index (χ4n) is 2.36. The molecule has 0 aliphatic heterocycles. The van der Waals surface area contributed by atoms with Crippen molar-refractivity contribution < 1.29 is 0 Å². The minimum atomic E-state index is 0.528. The van der Waals surface area contributed by atoms with Crippen LogP contribution in [0.15, 0.2) is 61.3 Å². The molecule has 0 amide bonds. The lowest BCUT2D eigenvalue weighted by molar-refractivity contribution is 1.24. The summed E-state index contributed by atoms with van der Waals surface area (Å²) < 4.78 is 0. The lowest BCUT2D eigenvalue weighted by Crippen LogP contribution is -1.93. The van der Waals surface area contributed by atoms with Crippen LogP contribution in [0.5, 0.6) is 0 Å². The van der Waals surface area contributed by atoms with E-state index in [1.807, 2.05) is 0 Å². The van der Waals surface area contributed by atoms with Gasteiger partial charge in [0.25, 0.3) is 0 Å². The summed E-state index contributed by atoms with van der Waals surface area (Å²) in [5.74, 6) is 0. The fourth-order valence-corrected chi connectivity index (χ4v) is 2.36. The number of hydrogen-bond acceptors (Lipinski definition) is 2. The van der Waals surface area contributed by atoms with E-state index in [0.717, 1.165) is 12.1 Å². The summed E-state index contributed by atoms with van der Waals surface area (Å²) in [5.41, 5.74) is 7.55. The number of anilines is 1. The van der Waals surface area contributed by atoms with Gasteiger partial charge in [-0.1, -0.05) is 43.8 Å². The molecule has 0 aliphatic rings. The minimum absolute atomic E-state index is 0.528. The molecule has 0 fully saturated rings. The van der Waals surface area contributed by atoms with Crippen LogP contribution in [0.2, 0.25) is 0 Å². The Bertz CT molecular complexity index is 737. The quantitative estimate of drug-likeness (QED) is 0.626. The molecule has 2 heteroatoms. The zero-order chi connectivity index (χ0) is 16.8. The maximum atomic E-state index is 7.39. The second kappa shape index (κ2) is 7.59. The first-order valence-electron chi connectivity index (χ1n) is 7.88. The molecular formula is C21H24N2. The summed E-state index contributed by atoms with van der Waals surface area (Å²) in [5, 5.41) is 10.6. The van der Waals surface area contributed by atoms with Crippen molar-refractivity contribution in [2.75, 3.05) is 5.32 Å². The van der Waals surface area contributed by atoms with E-state index < -0.39 is 0 Å². The van der Waals surface area contributed by atoms with Gasteiger partial charge in [0.2, 0.25) is 0 Å². The van der Waals surface area contributed by atoms with Crippen LogP contribution in [0, 0.1) is 12.3 Å². The molecule has 2 rings (SSSR count). The molecule has 0 heterocycles. The first-order chi connectivity index (χ1) is 11.0. The topological polar surface area (TPSA) is 35.9 Å². The molecule has 2 aromatic carbocycles. The maximum Gasteiger partial charge on any atom is 0.0409 e. The second-order valence-corrected chi connectivity index (χ2v) is 5.72. The molecule has 0 unspecified atom stereocenters. The highest BCUT2D eigenvalue weighted by molar-refractivity contribution is 5.90. The van der Waals surface area contributed by atoms with Gasteiger partial charge in [-0.05, 0) is 66.3 Å². The van der Waals surface area contributed by atoms with Gasteiger partial charge in [-0.3, -0.25) is 0 Å². The number of allylic oxidation sites excluding steroid dienone is 2. The van der Waals surface area contributed by atoms with Crippen LogP contribution in [0.25, 0.3) is 16.7 Å². The van der Waals surface area contributed by atoms with Gasteiger partial charge in [-0.15, -0.1) is 0 Å². The average Bonchev–Trinajstić information content (AvgIpc) is 2.55. The number of aryl methyl sites for hydroxylation is 1. The largest absolute Gasteiger partial charge is 0.361 e. The first kappa shape index (κ1) is 16.8. The third-order valence-electron chi connectivity index (χ3n) is 3.85. The van der Waals surface area contributed by atoms with E-state index in [2.05, 4.69) is 68.2 Å². The highest BCUT2D eigenvalue weighted by atomic mass is 14.8. The molecule has 0 aliphatic carbocycles. The van der Waals surface area contributed by atoms with E-state index in [4.69, 9.17) is 5.41 Å². The molecule has 0 radical (unpaired) electrons. The molecule has 2 aromatic rings. The van der Waals surface area contributed by atoms with Crippen LogP contribution in [-0.2, 0) is 0 Å². The standard InChI is InChI=1S/C21H24N2/c1-5-15(2)18-6-8-19(9-7-18)20-10-11-21(16(3)14-20)23-13-12-17(4)22/h6-14,22-23H,2,5H2,1,3-4H3/b13-12-,22-17?. The molecule has 23 heavy (non-hydrogen) atoms. The molecule has 0 saturated heterocycles. The van der Waals surface area contributed by atoms with Crippen molar-refractivity contribution in [1.29, 1.82) is 5.41 Å². The van der Waals surface area contributed by atoms with Crippen LogP contribution >= 0.6 is 0 Å². The molecule has 0 saturated carbocycles. The van der Waals surface area contributed by atoms with E-state index in [0.29, 0.717) is 5.71 Å². The summed E-state index contributed by atoms with van der Waals surface area (Å²) in [4.78, 5) is 0. The Morgan fingerprint density at radius 1 is 1.13 bits per heavy atom. The van der Waals surface area contributed by atoms with Crippen molar-refractivity contribution in [3.8, 4) is 11.1 Å². The highest BCUT2D eigenvalue weighted by Crippen LogP contribution is 2.26. The van der Waals surface area contributed by atoms with Gasteiger partial charge in [0.05, 0.1) is 0 Å². The van der Waals surface area contributed by atoms with Crippen LogP contribution in [0.4, 0.5) is 5.69 Å². The van der Waals surface area contributed by atoms with Gasteiger partial charge < -0.3 is 10.7 Å². The van der Waals surface area contributed by atoms with Gasteiger partial charge in [0.1, 0.15) is 0 Å². The second-order valence-electron chi connectivity index (χ2n) is 5.72. The first-order valence-corrected chi connectivity index (χ1v) is 7.88. The Kier molecular flexibility index (Phi) is 5.53. The molecule has 0 bridgehead atoms. The Labute approximate surface area is 139 Å². The van der Waals surface area contributed by atoms with Crippen molar-refractivity contribution in [1.82, 2.24) is 0 Å². The summed E-state index contributed by atoms with van der Waals surface area (Å²) in [6.07, 6.45) is 4.52. The average molecular weight is 304 g/mol. The van der Waals surface area contributed by atoms with E-state index >= 15 is 0 Å². The van der Waals surface area contributed by atoms with Crippen molar-refractivity contribution in [2.45, 2.75) is 27.2 Å². The molecule has 2 N–H and O–H groups in total. The third-order valence-corrected chi connectivity index (χ3v) is 3.85. The van der Waals surface area contributed by atoms with E-state index in [1.54, 1.807) is 19.2 Å². The zero-order valence-corrected chi connectivity index (χ0v) is 14.1. The molecule has 2 nitrogen and oxygen atoms in total. The maximum absolute atomic E-state index is 7.39. The Balaban J connectivity index is 2.19. The van der Waals surface area contributed by atoms with Gasteiger partial charge in [-0.2, -0.15) is 0 Å². The molecule has 0 aromatic heterocycles. The van der Waals surface area contributed by atoms with Gasteiger partial charge in [0.15, 0.2) is 0 Å². The smallest absolute Gasteiger partial charge is 0.0409 e. The summed E-state index contributed by atoms with van der Waals surface area (Å²) in [6.45, 7) is 10.0. The SMILES string of the molecule is C=C(CC)c1ccc(-c2ccc(N/C=C\C(C)=N)c(C)c2)cc1. The van der Waals surface area contributed by atoms with E-state index in [-0.39, 0.29) is 0 Å². The summed E-state index contributed by atoms with van der Waals surface area (Å²) in [6, 6.07) is 14.9. The number of nitrogens with one attached hydrogen (secondary N) is 2. The fraction of sp³-hybridized carbons (Fsp3) is 0.190. The Hall–Kier alpha value is -2.61. The van der Waals surface area contributed by atoms with Gasteiger partial charge in [0, 0.05) is 17.6 Å². The van der Waals surface area contributed by atoms with Crippen LogP contribution in [0.3, 0.4) is 0 Å². The summed E-state index contributed by atoms with van der Waals surface area (Å²) >= 11 is 0. The zero-order valence-electron chi connectivity index (χ0n) is 14.1. The van der Waals surface area contributed by atoms with Crippen molar-refractivity contribution in [3.63, 3.8) is 0 Å². The Morgan fingerprint density at radius 3 is 2.35 bits per heavy atom. The summed E-state index contributed by atoms with van der Waals surface area (Å²) in [7, 11) is 0. The lowest BCUT2D eigenvalue weighted by Gasteiger charge is -2.10. The van der Waals surface area contributed by atoms with Crippen molar-refractivity contribution in [2.24, 2.45) is 0 Å². The molecule has 0 spiro atoms. The monoisotopic (exact) mass is 304 g/mol. The molecule has 0 atom stereocenters. The highest BCUT2D eigenvalue weighted by Gasteiger charge is 2.03. The van der Waals surface area contributed by atoms with Crippen molar-refractivity contribution >= 4 is 17.0 Å². The molecule has 118 valence electrons. The van der Waals surface area contributed by atoms with Crippen LogP contribution < -0.4 is 5.32 Å². The normalized spacial score (nSPS) is 10.7. The number of rotatable bonds is 6. The Morgan fingerprint density at radius 2 is 1.78 bits per heavy atom. The predicted molar refractivity (Wildman–Crippen MR) is 102 cm³/mol. The lowest BCUT2D eigenvalue weighted by atomic mass is 9.98. The van der Waals surface area contributed by atoms with Crippen molar-refractivity contribution in [3.05, 3.63) is 72.4 Å². The van der Waals surface area contributed by atoms with E-state index in [9.17, 15) is 0 Å². The number of hydrogen-bond donors (Lipinski definition) is 2. The molecular weight excluding hydrogens is 280 g/mol. The predicted octanol–water partition coefficient (Wildman–Crippen LogP) is 6.05. The van der Waals surface area contributed by atoms with Gasteiger partial charge in [-0.25, -0.2) is 0 Å².